The molecule has 0 saturated carbocycles. The summed E-state index contributed by atoms with van der Waals surface area (Å²) in [5.74, 6) is 1.86. The summed E-state index contributed by atoms with van der Waals surface area (Å²) >= 11 is 0. The van der Waals surface area contributed by atoms with Crippen LogP contribution >= 0.6 is 8.04 Å². The minimum absolute atomic E-state index is 1.09. The summed E-state index contributed by atoms with van der Waals surface area (Å²) in [6.45, 7) is 0. The number of hydrogen-bond donors (Lipinski definition) is 0. The summed E-state index contributed by atoms with van der Waals surface area (Å²) in [5, 5.41) is 0. The second-order valence-electron chi connectivity index (χ2n) is 0.820. The van der Waals surface area contributed by atoms with E-state index in [1.165, 1.54) is 0 Å². The predicted octanol–water partition coefficient (Wildman–Crippen LogP) is 1.73. The second-order valence-corrected chi connectivity index (χ2v) is 1.59. The van der Waals surface area contributed by atoms with E-state index in [1.54, 1.807) is 6.08 Å². The Balaban J connectivity index is 3.25. The molecule has 0 aromatic carbocycles. The standard InChI is InChI=1S/C5H2P/c1-2-4-6-5-3-1/h2,5H/q+1. The van der Waals surface area contributed by atoms with E-state index in [9.17, 15) is 0 Å². The number of hydrogen-bond acceptors (Lipinski definition) is 0. The molecule has 0 aromatic rings. The molecule has 0 atom stereocenters. The first-order chi connectivity index (χ1) is 3.00. The Hall–Kier alpha value is -0.490. The molecular formula is C5H2P+. The van der Waals surface area contributed by atoms with E-state index in [0.29, 0.717) is 0 Å². The molecule has 0 aromatic heterocycles. The molecule has 0 fully saturated rings. The van der Waals surface area contributed by atoms with E-state index < -0.39 is 0 Å². The molecule has 0 spiro atoms. The third-order valence-corrected chi connectivity index (χ3v) is 0.960. The fraction of sp³-hybridized carbons (Fsp3) is 0. The van der Waals surface area contributed by atoms with Crippen molar-refractivity contribution in [3.05, 3.63) is 23.4 Å². The molecule has 1 aliphatic heterocycles. The van der Waals surface area contributed by atoms with Crippen molar-refractivity contribution in [1.82, 2.24) is 0 Å². The zero-order valence-corrected chi connectivity index (χ0v) is 4.00. The molecule has 1 aliphatic rings. The Kier molecular flexibility index (Phi) is 1.13. The van der Waals surface area contributed by atoms with Crippen LogP contribution < -0.4 is 0 Å². The van der Waals surface area contributed by atoms with Crippen LogP contribution in [0.5, 0.6) is 0 Å². The SMILES string of the molecule is C1=C=C[P+]#CC=1. The van der Waals surface area contributed by atoms with Gasteiger partial charge in [0.05, 0.1) is 0 Å². The first-order valence-corrected chi connectivity index (χ1v) is 2.56. The quantitative estimate of drug-likeness (QED) is 0.316. The third kappa shape index (κ3) is 0.728. The van der Waals surface area contributed by atoms with Gasteiger partial charge in [-0.1, -0.05) is 0 Å². The van der Waals surface area contributed by atoms with Crippen molar-refractivity contribution in [2.24, 2.45) is 0 Å². The van der Waals surface area contributed by atoms with Crippen molar-refractivity contribution in [3.63, 3.8) is 0 Å². The van der Waals surface area contributed by atoms with Crippen LogP contribution in [-0.2, 0) is 0 Å². The average Bonchev–Trinajstić information content (AvgIpc) is 1.72. The van der Waals surface area contributed by atoms with E-state index >= 15 is 0 Å². The molecule has 0 N–H and O–H groups in total. The van der Waals surface area contributed by atoms with Crippen molar-refractivity contribution in [2.75, 3.05) is 0 Å². The number of rotatable bonds is 0. The molecule has 1 rings (SSSR count). The Morgan fingerprint density at radius 3 is 2.50 bits per heavy atom. The summed E-state index contributed by atoms with van der Waals surface area (Å²) in [6.07, 6.45) is 1.74. The topological polar surface area (TPSA) is 0 Å². The van der Waals surface area contributed by atoms with Crippen LogP contribution in [0.2, 0.25) is 0 Å². The van der Waals surface area contributed by atoms with E-state index in [4.69, 9.17) is 0 Å². The molecule has 0 nitrogen and oxygen atoms in total. The van der Waals surface area contributed by atoms with Crippen LogP contribution in [0.15, 0.2) is 23.4 Å². The van der Waals surface area contributed by atoms with Gasteiger partial charge in [-0.3, -0.25) is 0 Å². The van der Waals surface area contributed by atoms with Crippen LogP contribution in [0.1, 0.15) is 0 Å². The molecule has 6 heavy (non-hydrogen) atoms. The van der Waals surface area contributed by atoms with Crippen LogP contribution in [0.3, 0.4) is 0 Å². The van der Waals surface area contributed by atoms with E-state index in [-0.39, 0.29) is 0 Å². The van der Waals surface area contributed by atoms with Gasteiger partial charge in [-0.05, 0) is 0 Å². The molecule has 26 valence electrons. The monoisotopic (exact) mass is 93.0 g/mol. The first-order valence-electron chi connectivity index (χ1n) is 1.60. The maximum atomic E-state index is 2.90. The molecule has 1 heteroatoms. The van der Waals surface area contributed by atoms with Gasteiger partial charge in [0.2, 0.25) is 0 Å². The molecule has 0 saturated heterocycles. The zero-order valence-electron chi connectivity index (χ0n) is 3.10. The average molecular weight is 93.0 g/mol. The maximum absolute atomic E-state index is 2.90. The summed E-state index contributed by atoms with van der Waals surface area (Å²) in [4.78, 5) is 0. The summed E-state index contributed by atoms with van der Waals surface area (Å²) in [7, 11) is 1.09. The van der Waals surface area contributed by atoms with E-state index in [2.05, 4.69) is 17.1 Å². The van der Waals surface area contributed by atoms with Gasteiger partial charge in [-0.15, -0.1) is 0 Å². The molecule has 1 heterocycles. The van der Waals surface area contributed by atoms with Gasteiger partial charge >= 0.3 is 37.0 Å². The third-order valence-electron chi connectivity index (χ3n) is 0.424. The molecule has 0 radical (unpaired) electrons. The van der Waals surface area contributed by atoms with Gasteiger partial charge in [0.1, 0.15) is 0 Å². The molecule has 0 bridgehead atoms. The van der Waals surface area contributed by atoms with Crippen molar-refractivity contribution in [2.45, 2.75) is 0 Å². The van der Waals surface area contributed by atoms with Gasteiger partial charge < -0.3 is 0 Å². The summed E-state index contributed by atoms with van der Waals surface area (Å²) in [5.41, 5.74) is 8.42. The zero-order chi connectivity index (χ0) is 4.24. The van der Waals surface area contributed by atoms with Gasteiger partial charge in [0, 0.05) is 0 Å². The van der Waals surface area contributed by atoms with Gasteiger partial charge in [-0.25, -0.2) is 0 Å². The van der Waals surface area contributed by atoms with E-state index in [0.717, 1.165) is 8.04 Å². The van der Waals surface area contributed by atoms with Crippen LogP contribution in [-0.4, -0.2) is 0 Å². The van der Waals surface area contributed by atoms with Gasteiger partial charge in [0.15, 0.2) is 0 Å². The summed E-state index contributed by atoms with van der Waals surface area (Å²) in [6, 6.07) is 0. The van der Waals surface area contributed by atoms with Crippen LogP contribution in [0.4, 0.5) is 0 Å². The van der Waals surface area contributed by atoms with Gasteiger partial charge in [-0.2, -0.15) is 0 Å². The minimum atomic E-state index is 1.09. The normalized spacial score (nSPS) is 12.0. The molecule has 0 amide bonds. The molecule has 0 unspecified atom stereocenters. The van der Waals surface area contributed by atoms with Crippen molar-refractivity contribution < 1.29 is 0 Å². The van der Waals surface area contributed by atoms with Crippen LogP contribution in [0, 0.1) is 5.63 Å². The van der Waals surface area contributed by atoms with Crippen molar-refractivity contribution >= 4 is 8.04 Å². The molecular weight excluding hydrogens is 91.0 g/mol. The summed E-state index contributed by atoms with van der Waals surface area (Å²) < 4.78 is 0. The Morgan fingerprint density at radius 2 is 2.33 bits per heavy atom. The van der Waals surface area contributed by atoms with Gasteiger partial charge in [0.25, 0.3) is 0 Å². The fourth-order valence-electron chi connectivity index (χ4n) is 0.218. The first kappa shape index (κ1) is 3.69. The molecule has 0 aliphatic carbocycles. The second kappa shape index (κ2) is 1.83. The van der Waals surface area contributed by atoms with Crippen LogP contribution in [0.25, 0.3) is 0 Å². The number of allylic oxidation sites excluding steroid dienone is 1. The van der Waals surface area contributed by atoms with Crippen molar-refractivity contribution in [3.8, 4) is 5.63 Å². The van der Waals surface area contributed by atoms with E-state index in [1.807, 2.05) is 5.82 Å². The Labute approximate surface area is 38.0 Å². The Bertz CT molecular complexity index is 170. The predicted molar refractivity (Wildman–Crippen MR) is 27.0 cm³/mol. The Morgan fingerprint density at radius 1 is 1.33 bits per heavy atom. The van der Waals surface area contributed by atoms with Crippen molar-refractivity contribution in [1.29, 1.82) is 0 Å². The fourth-order valence-corrected chi connectivity index (χ4v) is 0.571.